The molecular formula is C11H21NOS. The summed E-state index contributed by atoms with van der Waals surface area (Å²) in [6.07, 6.45) is 4.84. The van der Waals surface area contributed by atoms with Crippen LogP contribution in [0.3, 0.4) is 0 Å². The lowest BCUT2D eigenvalue weighted by Crippen LogP contribution is -2.27. The Bertz CT molecular complexity index is 196. The van der Waals surface area contributed by atoms with E-state index in [0.717, 1.165) is 18.3 Å². The second-order valence-electron chi connectivity index (χ2n) is 4.48. The number of ether oxygens (including phenoxy) is 1. The summed E-state index contributed by atoms with van der Waals surface area (Å²) in [5, 5.41) is 0. The van der Waals surface area contributed by atoms with Crippen molar-refractivity contribution >= 4 is 17.2 Å². The lowest BCUT2D eigenvalue weighted by molar-refractivity contribution is 0.00620. The predicted octanol–water partition coefficient (Wildman–Crippen LogP) is 2.50. The second-order valence-corrected chi connectivity index (χ2v) is 5.00. The molecule has 3 atom stereocenters. The van der Waals surface area contributed by atoms with Crippen molar-refractivity contribution in [3.05, 3.63) is 0 Å². The fraction of sp³-hybridized carbons (Fsp3) is 0.909. The maximum Gasteiger partial charge on any atom is 0.0750 e. The lowest BCUT2D eigenvalue weighted by atomic mass is 9.80. The SMILES string of the molecule is CC1CCC(OCCC(N)=S)CC1C. The van der Waals surface area contributed by atoms with E-state index in [1.807, 2.05) is 0 Å². The first-order valence-corrected chi connectivity index (χ1v) is 5.90. The Hall–Kier alpha value is -0.150. The first-order valence-electron chi connectivity index (χ1n) is 5.49. The summed E-state index contributed by atoms with van der Waals surface area (Å²) in [4.78, 5) is 0.558. The molecule has 0 aromatic rings. The fourth-order valence-electron chi connectivity index (χ4n) is 1.98. The monoisotopic (exact) mass is 215 g/mol. The van der Waals surface area contributed by atoms with E-state index in [-0.39, 0.29) is 0 Å². The van der Waals surface area contributed by atoms with Gasteiger partial charge in [-0.25, -0.2) is 0 Å². The number of rotatable bonds is 4. The zero-order chi connectivity index (χ0) is 10.6. The van der Waals surface area contributed by atoms with Gasteiger partial charge in [0.05, 0.1) is 17.7 Å². The third-order valence-electron chi connectivity index (χ3n) is 3.25. The molecule has 0 heterocycles. The number of hydrogen-bond donors (Lipinski definition) is 1. The van der Waals surface area contributed by atoms with Crippen molar-refractivity contribution in [3.63, 3.8) is 0 Å². The molecule has 0 bridgehead atoms. The van der Waals surface area contributed by atoms with Gasteiger partial charge in [-0.05, 0) is 31.1 Å². The van der Waals surface area contributed by atoms with E-state index in [1.165, 1.54) is 19.3 Å². The van der Waals surface area contributed by atoms with Gasteiger partial charge in [0.1, 0.15) is 0 Å². The van der Waals surface area contributed by atoms with Gasteiger partial charge >= 0.3 is 0 Å². The van der Waals surface area contributed by atoms with Crippen LogP contribution in [0.5, 0.6) is 0 Å². The minimum Gasteiger partial charge on any atom is -0.393 e. The Labute approximate surface area is 92.2 Å². The summed E-state index contributed by atoms with van der Waals surface area (Å²) >= 11 is 4.80. The molecule has 82 valence electrons. The van der Waals surface area contributed by atoms with Crippen molar-refractivity contribution in [1.29, 1.82) is 0 Å². The standard InChI is InChI=1S/C11H21NOS/c1-8-3-4-10(7-9(8)2)13-6-5-11(12)14/h8-10H,3-7H2,1-2H3,(H2,12,14). The van der Waals surface area contributed by atoms with Crippen molar-refractivity contribution in [2.24, 2.45) is 17.6 Å². The molecule has 0 amide bonds. The molecule has 1 saturated carbocycles. The molecular weight excluding hydrogens is 194 g/mol. The average molecular weight is 215 g/mol. The van der Waals surface area contributed by atoms with Crippen LogP contribution in [-0.2, 0) is 4.74 Å². The molecule has 0 aromatic heterocycles. The van der Waals surface area contributed by atoms with Gasteiger partial charge in [-0.15, -0.1) is 0 Å². The third kappa shape index (κ3) is 3.93. The maximum absolute atomic E-state index is 5.74. The van der Waals surface area contributed by atoms with Gasteiger partial charge in [-0.2, -0.15) is 0 Å². The molecule has 0 radical (unpaired) electrons. The van der Waals surface area contributed by atoms with E-state index in [1.54, 1.807) is 0 Å². The van der Waals surface area contributed by atoms with Gasteiger partial charge in [0.2, 0.25) is 0 Å². The quantitative estimate of drug-likeness (QED) is 0.732. The predicted molar refractivity (Wildman–Crippen MR) is 63.3 cm³/mol. The topological polar surface area (TPSA) is 35.2 Å². The number of nitrogens with two attached hydrogens (primary N) is 1. The fourth-order valence-corrected chi connectivity index (χ4v) is 2.06. The minimum atomic E-state index is 0.440. The van der Waals surface area contributed by atoms with Crippen LogP contribution in [0.1, 0.15) is 39.5 Å². The van der Waals surface area contributed by atoms with Crippen LogP contribution < -0.4 is 5.73 Å². The van der Waals surface area contributed by atoms with Crippen LogP contribution in [0.4, 0.5) is 0 Å². The lowest BCUT2D eigenvalue weighted by Gasteiger charge is -2.31. The van der Waals surface area contributed by atoms with E-state index < -0.39 is 0 Å². The van der Waals surface area contributed by atoms with Crippen molar-refractivity contribution in [1.82, 2.24) is 0 Å². The molecule has 0 aromatic carbocycles. The average Bonchev–Trinajstić information content (AvgIpc) is 2.10. The van der Waals surface area contributed by atoms with Gasteiger partial charge in [-0.3, -0.25) is 0 Å². The molecule has 0 spiro atoms. The molecule has 1 aliphatic rings. The van der Waals surface area contributed by atoms with E-state index >= 15 is 0 Å². The smallest absolute Gasteiger partial charge is 0.0750 e. The Morgan fingerprint density at radius 3 is 2.64 bits per heavy atom. The van der Waals surface area contributed by atoms with E-state index in [0.29, 0.717) is 17.7 Å². The molecule has 3 heteroatoms. The molecule has 3 unspecified atom stereocenters. The Morgan fingerprint density at radius 1 is 1.36 bits per heavy atom. The molecule has 2 N–H and O–H groups in total. The molecule has 1 aliphatic carbocycles. The maximum atomic E-state index is 5.74. The van der Waals surface area contributed by atoms with Gasteiger partial charge in [0.25, 0.3) is 0 Å². The van der Waals surface area contributed by atoms with Crippen molar-refractivity contribution in [3.8, 4) is 0 Å². The highest BCUT2D eigenvalue weighted by Crippen LogP contribution is 2.30. The molecule has 1 rings (SSSR count). The normalized spacial score (nSPS) is 32.9. The third-order valence-corrected chi connectivity index (χ3v) is 3.46. The highest BCUT2D eigenvalue weighted by atomic mass is 32.1. The molecule has 0 saturated heterocycles. The minimum absolute atomic E-state index is 0.440. The summed E-state index contributed by atoms with van der Waals surface area (Å²) < 4.78 is 5.74. The van der Waals surface area contributed by atoms with E-state index in [9.17, 15) is 0 Å². The zero-order valence-electron chi connectivity index (χ0n) is 9.16. The molecule has 2 nitrogen and oxygen atoms in total. The highest BCUT2D eigenvalue weighted by molar-refractivity contribution is 7.80. The van der Waals surface area contributed by atoms with Crippen LogP contribution in [0, 0.1) is 11.8 Å². The first-order chi connectivity index (χ1) is 6.59. The van der Waals surface area contributed by atoms with Gasteiger partial charge < -0.3 is 10.5 Å². The largest absolute Gasteiger partial charge is 0.393 e. The summed E-state index contributed by atoms with van der Waals surface area (Å²) in [5.41, 5.74) is 5.41. The summed E-state index contributed by atoms with van der Waals surface area (Å²) in [7, 11) is 0. The van der Waals surface area contributed by atoms with E-state index in [4.69, 9.17) is 22.7 Å². The van der Waals surface area contributed by atoms with Crippen LogP contribution in [-0.4, -0.2) is 17.7 Å². The summed E-state index contributed by atoms with van der Waals surface area (Å²) in [6.45, 7) is 5.34. The van der Waals surface area contributed by atoms with Gasteiger partial charge in [0, 0.05) is 6.42 Å². The highest BCUT2D eigenvalue weighted by Gasteiger charge is 2.24. The van der Waals surface area contributed by atoms with Crippen LogP contribution >= 0.6 is 12.2 Å². The van der Waals surface area contributed by atoms with Crippen LogP contribution in [0.2, 0.25) is 0 Å². The molecule has 1 fully saturated rings. The Balaban J connectivity index is 2.16. The summed E-state index contributed by atoms with van der Waals surface area (Å²) in [6, 6.07) is 0. The Morgan fingerprint density at radius 2 is 2.07 bits per heavy atom. The van der Waals surface area contributed by atoms with Gasteiger partial charge in [0.15, 0.2) is 0 Å². The number of thiocarbonyl (C=S) groups is 1. The first kappa shape index (κ1) is 11.9. The van der Waals surface area contributed by atoms with Crippen molar-refractivity contribution < 1.29 is 4.74 Å². The number of hydrogen-bond acceptors (Lipinski definition) is 2. The van der Waals surface area contributed by atoms with Gasteiger partial charge in [-0.1, -0.05) is 26.1 Å². The summed E-state index contributed by atoms with van der Waals surface area (Å²) in [5.74, 6) is 1.64. The van der Waals surface area contributed by atoms with Crippen molar-refractivity contribution in [2.45, 2.75) is 45.6 Å². The van der Waals surface area contributed by atoms with Crippen LogP contribution in [0.25, 0.3) is 0 Å². The van der Waals surface area contributed by atoms with E-state index in [2.05, 4.69) is 13.8 Å². The molecule has 0 aliphatic heterocycles. The zero-order valence-corrected chi connectivity index (χ0v) is 9.98. The Kier molecular flexibility index (Phi) is 4.82. The second kappa shape index (κ2) is 5.66. The molecule has 14 heavy (non-hydrogen) atoms. The van der Waals surface area contributed by atoms with Crippen molar-refractivity contribution in [2.75, 3.05) is 6.61 Å². The van der Waals surface area contributed by atoms with Crippen LogP contribution in [0.15, 0.2) is 0 Å².